The number of rotatable bonds is 7. The highest BCUT2D eigenvalue weighted by molar-refractivity contribution is 5.55. The molecule has 0 saturated carbocycles. The number of pyridine rings is 1. The lowest BCUT2D eigenvalue weighted by atomic mass is 10.2. The number of nitrogens with one attached hydrogen (secondary N) is 2. The molecule has 0 spiro atoms. The molecule has 2 N–H and O–H groups in total. The van der Waals surface area contributed by atoms with Gasteiger partial charge in [0.2, 0.25) is 0 Å². The van der Waals surface area contributed by atoms with Gasteiger partial charge in [0, 0.05) is 29.7 Å². The highest BCUT2D eigenvalue weighted by Gasteiger charge is 2.06. The number of hydrogen-bond acceptors (Lipinski definition) is 6. The Kier molecular flexibility index (Phi) is 5.56. The average molecular weight is 402 g/mol. The number of aromatic nitrogens is 5. The van der Waals surface area contributed by atoms with Crippen LogP contribution in [0.5, 0.6) is 5.75 Å². The molecule has 0 aliphatic carbocycles. The summed E-state index contributed by atoms with van der Waals surface area (Å²) < 4.78 is 7.00. The maximum atomic E-state index is 11.8. The SMILES string of the molecule is CCc1cc(=O)[nH]c(-c2ccc(NCc3ccn(-c4ccc(OC)cc4)n3)nc2)n1. The van der Waals surface area contributed by atoms with E-state index in [-0.39, 0.29) is 5.56 Å². The summed E-state index contributed by atoms with van der Waals surface area (Å²) in [4.78, 5) is 23.4. The first-order valence-corrected chi connectivity index (χ1v) is 9.64. The van der Waals surface area contributed by atoms with Gasteiger partial charge in [0.05, 0.1) is 25.0 Å². The third-order valence-corrected chi connectivity index (χ3v) is 4.63. The summed E-state index contributed by atoms with van der Waals surface area (Å²) in [5.41, 5.74) is 3.20. The molecule has 30 heavy (non-hydrogen) atoms. The standard InChI is InChI=1S/C22H22N6O2/c1-3-16-12-21(29)26-22(25-16)15-4-9-20(23-13-15)24-14-17-10-11-28(27-17)18-5-7-19(30-2)8-6-18/h4-13H,3,14H2,1-2H3,(H,23,24)(H,25,26,29). The lowest BCUT2D eigenvalue weighted by molar-refractivity contribution is 0.414. The van der Waals surface area contributed by atoms with E-state index in [1.165, 1.54) is 6.07 Å². The van der Waals surface area contributed by atoms with Crippen molar-refractivity contribution < 1.29 is 4.74 Å². The largest absolute Gasteiger partial charge is 0.497 e. The Morgan fingerprint density at radius 2 is 1.93 bits per heavy atom. The second kappa shape index (κ2) is 8.60. The summed E-state index contributed by atoms with van der Waals surface area (Å²) in [6.07, 6.45) is 4.31. The molecule has 3 aromatic heterocycles. The Balaban J connectivity index is 1.41. The molecule has 0 radical (unpaired) electrons. The molecule has 0 aliphatic heterocycles. The van der Waals surface area contributed by atoms with E-state index in [1.807, 2.05) is 60.3 Å². The Hall–Kier alpha value is -3.94. The Morgan fingerprint density at radius 1 is 1.10 bits per heavy atom. The lowest BCUT2D eigenvalue weighted by Gasteiger charge is -2.06. The van der Waals surface area contributed by atoms with Crippen LogP contribution in [0.2, 0.25) is 0 Å². The summed E-state index contributed by atoms with van der Waals surface area (Å²) in [6.45, 7) is 2.50. The van der Waals surface area contributed by atoms with Gasteiger partial charge >= 0.3 is 0 Å². The van der Waals surface area contributed by atoms with Crippen molar-refractivity contribution in [3.8, 4) is 22.8 Å². The van der Waals surface area contributed by atoms with Crippen LogP contribution in [0.4, 0.5) is 5.82 Å². The highest BCUT2D eigenvalue weighted by atomic mass is 16.5. The Bertz CT molecular complexity index is 1180. The number of ether oxygens (including phenoxy) is 1. The van der Waals surface area contributed by atoms with E-state index < -0.39 is 0 Å². The quantitative estimate of drug-likeness (QED) is 0.493. The van der Waals surface area contributed by atoms with Crippen LogP contribution in [-0.4, -0.2) is 31.8 Å². The Morgan fingerprint density at radius 3 is 2.63 bits per heavy atom. The van der Waals surface area contributed by atoms with Crippen molar-refractivity contribution in [1.82, 2.24) is 24.7 Å². The molecule has 0 unspecified atom stereocenters. The average Bonchev–Trinajstić information content (AvgIpc) is 3.27. The minimum absolute atomic E-state index is 0.161. The van der Waals surface area contributed by atoms with Crippen molar-refractivity contribution in [3.63, 3.8) is 0 Å². The second-order valence-electron chi connectivity index (χ2n) is 6.67. The molecule has 0 aliphatic rings. The maximum absolute atomic E-state index is 11.8. The molecular weight excluding hydrogens is 380 g/mol. The fourth-order valence-corrected chi connectivity index (χ4v) is 2.98. The van der Waals surface area contributed by atoms with Gasteiger partial charge in [0.1, 0.15) is 17.4 Å². The monoisotopic (exact) mass is 402 g/mol. The van der Waals surface area contributed by atoms with Gasteiger partial charge in [-0.2, -0.15) is 5.10 Å². The minimum Gasteiger partial charge on any atom is -0.497 e. The molecule has 4 aromatic rings. The second-order valence-corrected chi connectivity index (χ2v) is 6.67. The third-order valence-electron chi connectivity index (χ3n) is 4.63. The highest BCUT2D eigenvalue weighted by Crippen LogP contribution is 2.17. The predicted molar refractivity (Wildman–Crippen MR) is 115 cm³/mol. The van der Waals surface area contributed by atoms with Crippen LogP contribution in [0.1, 0.15) is 18.3 Å². The van der Waals surface area contributed by atoms with Crippen LogP contribution in [0, 0.1) is 0 Å². The molecule has 0 amide bonds. The van der Waals surface area contributed by atoms with E-state index >= 15 is 0 Å². The molecule has 1 aromatic carbocycles. The first-order valence-electron chi connectivity index (χ1n) is 9.64. The number of benzene rings is 1. The fraction of sp³-hybridized carbons (Fsp3) is 0.182. The van der Waals surface area contributed by atoms with Crippen molar-refractivity contribution in [3.05, 3.63) is 82.7 Å². The number of anilines is 1. The smallest absolute Gasteiger partial charge is 0.251 e. The zero-order chi connectivity index (χ0) is 20.9. The van der Waals surface area contributed by atoms with E-state index in [4.69, 9.17) is 4.74 Å². The van der Waals surface area contributed by atoms with Crippen molar-refractivity contribution in [2.24, 2.45) is 0 Å². The van der Waals surface area contributed by atoms with E-state index in [1.54, 1.807) is 13.3 Å². The first kappa shape index (κ1) is 19.4. The van der Waals surface area contributed by atoms with Crippen LogP contribution in [0.25, 0.3) is 17.1 Å². The Labute approximate surface area is 173 Å². The van der Waals surface area contributed by atoms with E-state index in [0.717, 1.165) is 28.4 Å². The van der Waals surface area contributed by atoms with Crippen LogP contribution >= 0.6 is 0 Å². The first-order chi connectivity index (χ1) is 14.6. The summed E-state index contributed by atoms with van der Waals surface area (Å²) in [7, 11) is 1.64. The molecular formula is C22H22N6O2. The molecule has 3 heterocycles. The van der Waals surface area contributed by atoms with Crippen LogP contribution < -0.4 is 15.6 Å². The molecule has 0 atom stereocenters. The van der Waals surface area contributed by atoms with Gasteiger partial charge < -0.3 is 15.0 Å². The lowest BCUT2D eigenvalue weighted by Crippen LogP contribution is -2.10. The van der Waals surface area contributed by atoms with Gasteiger partial charge in [-0.3, -0.25) is 4.79 Å². The normalized spacial score (nSPS) is 10.7. The topological polar surface area (TPSA) is 97.7 Å². The van der Waals surface area contributed by atoms with Crippen LogP contribution in [0.3, 0.4) is 0 Å². The number of aryl methyl sites for hydroxylation is 1. The van der Waals surface area contributed by atoms with E-state index in [2.05, 4.69) is 25.4 Å². The predicted octanol–water partition coefficient (Wildman–Crippen LogP) is 3.20. The summed E-state index contributed by atoms with van der Waals surface area (Å²) >= 11 is 0. The van der Waals surface area contributed by atoms with Crippen molar-refractivity contribution in [2.45, 2.75) is 19.9 Å². The number of H-pyrrole nitrogens is 1. The van der Waals surface area contributed by atoms with Gasteiger partial charge in [-0.15, -0.1) is 0 Å². The van der Waals surface area contributed by atoms with Gasteiger partial charge in [-0.05, 0) is 48.9 Å². The van der Waals surface area contributed by atoms with Crippen LogP contribution in [0.15, 0.2) is 65.7 Å². The maximum Gasteiger partial charge on any atom is 0.251 e. The number of nitrogens with zero attached hydrogens (tertiary/aromatic N) is 4. The number of methoxy groups -OCH3 is 1. The summed E-state index contributed by atoms with van der Waals surface area (Å²) in [5, 5.41) is 7.84. The minimum atomic E-state index is -0.161. The zero-order valence-corrected chi connectivity index (χ0v) is 16.8. The van der Waals surface area contributed by atoms with Gasteiger partial charge in [0.15, 0.2) is 0 Å². The van der Waals surface area contributed by atoms with E-state index in [0.29, 0.717) is 24.6 Å². The van der Waals surface area contributed by atoms with Crippen molar-refractivity contribution in [2.75, 3.05) is 12.4 Å². The summed E-state index contributed by atoms with van der Waals surface area (Å²) in [5.74, 6) is 2.05. The fourth-order valence-electron chi connectivity index (χ4n) is 2.98. The molecule has 0 saturated heterocycles. The van der Waals surface area contributed by atoms with Crippen molar-refractivity contribution >= 4 is 5.82 Å². The van der Waals surface area contributed by atoms with Gasteiger partial charge in [-0.25, -0.2) is 14.6 Å². The molecule has 152 valence electrons. The zero-order valence-electron chi connectivity index (χ0n) is 16.8. The molecule has 8 nitrogen and oxygen atoms in total. The van der Waals surface area contributed by atoms with Gasteiger partial charge in [-0.1, -0.05) is 6.92 Å². The van der Waals surface area contributed by atoms with Gasteiger partial charge in [0.25, 0.3) is 5.56 Å². The van der Waals surface area contributed by atoms with Crippen LogP contribution in [-0.2, 0) is 13.0 Å². The number of hydrogen-bond donors (Lipinski definition) is 2. The number of aromatic amines is 1. The molecule has 4 rings (SSSR count). The third kappa shape index (κ3) is 4.38. The van der Waals surface area contributed by atoms with Crippen molar-refractivity contribution in [1.29, 1.82) is 0 Å². The molecule has 0 fully saturated rings. The van der Waals surface area contributed by atoms with E-state index in [9.17, 15) is 4.79 Å². The molecule has 8 heteroatoms. The summed E-state index contributed by atoms with van der Waals surface area (Å²) in [6, 6.07) is 14.9. The molecule has 0 bridgehead atoms.